The Morgan fingerprint density at radius 1 is 1.77 bits per heavy atom. The summed E-state index contributed by atoms with van der Waals surface area (Å²) in [5.41, 5.74) is 1.25. The molecule has 1 unspecified atom stereocenters. The summed E-state index contributed by atoms with van der Waals surface area (Å²) in [5.74, 6) is -0.731. The molecule has 5 heteroatoms. The van der Waals surface area contributed by atoms with Crippen LogP contribution in [0.25, 0.3) is 0 Å². The van der Waals surface area contributed by atoms with Gasteiger partial charge < -0.3 is 9.47 Å². The zero-order valence-corrected chi connectivity index (χ0v) is 7.62. The molecule has 0 aromatic carbocycles. The lowest BCUT2D eigenvalue weighted by Gasteiger charge is -2.06. The maximum absolute atomic E-state index is 11.0. The Bertz CT molecular complexity index is 236. The van der Waals surface area contributed by atoms with Gasteiger partial charge in [0, 0.05) is 5.54 Å². The molecule has 1 aliphatic heterocycles. The third kappa shape index (κ3) is 3.46. The molecule has 1 fully saturated rings. The summed E-state index contributed by atoms with van der Waals surface area (Å²) >= 11 is 5.22. The van der Waals surface area contributed by atoms with Crippen LogP contribution in [0.5, 0.6) is 0 Å². The van der Waals surface area contributed by atoms with E-state index in [1.807, 2.05) is 0 Å². The van der Waals surface area contributed by atoms with Crippen molar-refractivity contribution in [2.75, 3.05) is 6.61 Å². The van der Waals surface area contributed by atoms with Crippen LogP contribution in [0.1, 0.15) is 12.8 Å². The Kier molecular flexibility index (Phi) is 3.76. The minimum atomic E-state index is -0.427. The van der Waals surface area contributed by atoms with Crippen molar-refractivity contribution in [2.24, 2.45) is 0 Å². The SMILES string of the molecule is O=C1CC(OC(=O)CC=CCl)CO1. The van der Waals surface area contributed by atoms with Gasteiger partial charge in [0.15, 0.2) is 0 Å². The lowest BCUT2D eigenvalue weighted by atomic mass is 10.3. The van der Waals surface area contributed by atoms with Gasteiger partial charge in [0.2, 0.25) is 0 Å². The number of carbonyl (C=O) groups excluding carboxylic acids is 2. The fourth-order valence-electron chi connectivity index (χ4n) is 0.940. The molecule has 1 heterocycles. The van der Waals surface area contributed by atoms with Crippen molar-refractivity contribution in [3.8, 4) is 0 Å². The molecule has 1 atom stereocenters. The van der Waals surface area contributed by atoms with Gasteiger partial charge in [0.05, 0.1) is 12.8 Å². The van der Waals surface area contributed by atoms with E-state index in [2.05, 4.69) is 4.74 Å². The van der Waals surface area contributed by atoms with E-state index in [1.165, 1.54) is 11.6 Å². The number of halogens is 1. The van der Waals surface area contributed by atoms with Crippen LogP contribution in [0.2, 0.25) is 0 Å². The van der Waals surface area contributed by atoms with Crippen LogP contribution in [-0.4, -0.2) is 24.6 Å². The average molecular weight is 205 g/mol. The smallest absolute Gasteiger partial charge is 0.310 e. The Hall–Kier alpha value is -1.03. The summed E-state index contributed by atoms with van der Waals surface area (Å²) in [5, 5.41) is 0. The van der Waals surface area contributed by atoms with Gasteiger partial charge in [0.25, 0.3) is 0 Å². The second-order valence-corrected chi connectivity index (χ2v) is 2.82. The number of ether oxygens (including phenoxy) is 2. The molecule has 0 N–H and O–H groups in total. The molecule has 0 aromatic rings. The number of hydrogen-bond donors (Lipinski definition) is 0. The number of rotatable bonds is 3. The normalized spacial score (nSPS) is 21.9. The van der Waals surface area contributed by atoms with E-state index in [9.17, 15) is 9.59 Å². The zero-order chi connectivity index (χ0) is 9.68. The first-order chi connectivity index (χ1) is 6.22. The average Bonchev–Trinajstić information content (AvgIpc) is 2.48. The van der Waals surface area contributed by atoms with Gasteiger partial charge >= 0.3 is 11.9 Å². The molecule has 0 amide bonds. The van der Waals surface area contributed by atoms with E-state index >= 15 is 0 Å². The van der Waals surface area contributed by atoms with Crippen molar-refractivity contribution in [2.45, 2.75) is 18.9 Å². The molecule has 1 rings (SSSR count). The number of esters is 2. The fourth-order valence-corrected chi connectivity index (χ4v) is 1.03. The highest BCUT2D eigenvalue weighted by atomic mass is 35.5. The second-order valence-electron chi connectivity index (χ2n) is 2.56. The highest BCUT2D eigenvalue weighted by molar-refractivity contribution is 6.25. The second kappa shape index (κ2) is 4.87. The first-order valence-electron chi connectivity index (χ1n) is 3.82. The van der Waals surface area contributed by atoms with Crippen LogP contribution in [0, 0.1) is 0 Å². The maximum atomic E-state index is 11.0. The summed E-state index contributed by atoms with van der Waals surface area (Å²) in [7, 11) is 0. The van der Waals surface area contributed by atoms with Gasteiger partial charge in [-0.05, 0) is 0 Å². The van der Waals surface area contributed by atoms with E-state index in [0.717, 1.165) is 0 Å². The standard InChI is InChI=1S/C8H9ClO4/c9-3-1-2-7(10)13-6-4-8(11)12-5-6/h1,3,6H,2,4-5H2. The Morgan fingerprint density at radius 3 is 3.08 bits per heavy atom. The predicted octanol–water partition coefficient (Wildman–Crippen LogP) is 0.988. The topological polar surface area (TPSA) is 52.6 Å². The van der Waals surface area contributed by atoms with E-state index in [4.69, 9.17) is 16.3 Å². The van der Waals surface area contributed by atoms with Crippen molar-refractivity contribution in [3.05, 3.63) is 11.6 Å². The van der Waals surface area contributed by atoms with Gasteiger partial charge in [-0.1, -0.05) is 17.7 Å². The molecule has 0 aliphatic carbocycles. The van der Waals surface area contributed by atoms with Gasteiger partial charge in [-0.25, -0.2) is 0 Å². The van der Waals surface area contributed by atoms with Crippen molar-refractivity contribution in [1.82, 2.24) is 0 Å². The highest BCUT2D eigenvalue weighted by Gasteiger charge is 2.26. The predicted molar refractivity (Wildman–Crippen MR) is 45.1 cm³/mol. The molecule has 0 bridgehead atoms. The Morgan fingerprint density at radius 2 is 2.54 bits per heavy atom. The molecule has 1 aliphatic rings. The van der Waals surface area contributed by atoms with Crippen molar-refractivity contribution >= 4 is 23.5 Å². The van der Waals surface area contributed by atoms with Crippen LogP contribution in [-0.2, 0) is 19.1 Å². The summed E-state index contributed by atoms with van der Waals surface area (Å²) in [6.07, 6.45) is 1.31. The quantitative estimate of drug-likeness (QED) is 0.644. The number of carbonyl (C=O) groups is 2. The van der Waals surface area contributed by atoms with E-state index in [-0.39, 0.29) is 25.4 Å². The molecule has 4 nitrogen and oxygen atoms in total. The van der Waals surface area contributed by atoms with Gasteiger partial charge in [-0.2, -0.15) is 0 Å². The minimum Gasteiger partial charge on any atom is -0.462 e. The first kappa shape index (κ1) is 10.1. The van der Waals surface area contributed by atoms with Crippen molar-refractivity contribution in [1.29, 1.82) is 0 Å². The molecule has 0 saturated carbocycles. The summed E-state index contributed by atoms with van der Waals surface area (Å²) in [4.78, 5) is 21.6. The minimum absolute atomic E-state index is 0.119. The molecule has 0 aromatic heterocycles. The fraction of sp³-hybridized carbons (Fsp3) is 0.500. The third-order valence-electron chi connectivity index (χ3n) is 1.50. The Balaban J connectivity index is 2.24. The number of hydrogen-bond acceptors (Lipinski definition) is 4. The molecular formula is C8H9ClO4. The van der Waals surface area contributed by atoms with E-state index < -0.39 is 12.1 Å². The maximum Gasteiger partial charge on any atom is 0.310 e. The Labute approximate surface area is 80.5 Å². The first-order valence-corrected chi connectivity index (χ1v) is 4.26. The monoisotopic (exact) mass is 204 g/mol. The molecule has 13 heavy (non-hydrogen) atoms. The third-order valence-corrected chi connectivity index (χ3v) is 1.67. The molecule has 0 spiro atoms. The molecular weight excluding hydrogens is 196 g/mol. The van der Waals surface area contributed by atoms with Crippen LogP contribution in [0.3, 0.4) is 0 Å². The van der Waals surface area contributed by atoms with Gasteiger partial charge in [-0.15, -0.1) is 0 Å². The van der Waals surface area contributed by atoms with Crippen molar-refractivity contribution < 1.29 is 19.1 Å². The van der Waals surface area contributed by atoms with Gasteiger partial charge in [0.1, 0.15) is 12.7 Å². The number of cyclic esters (lactones) is 1. The van der Waals surface area contributed by atoms with Gasteiger partial charge in [-0.3, -0.25) is 9.59 Å². The molecule has 1 saturated heterocycles. The van der Waals surface area contributed by atoms with E-state index in [1.54, 1.807) is 0 Å². The zero-order valence-electron chi connectivity index (χ0n) is 6.86. The van der Waals surface area contributed by atoms with Crippen LogP contribution >= 0.6 is 11.6 Å². The highest BCUT2D eigenvalue weighted by Crippen LogP contribution is 2.10. The lowest BCUT2D eigenvalue weighted by Crippen LogP contribution is -2.17. The summed E-state index contributed by atoms with van der Waals surface area (Å²) in [6, 6.07) is 0. The summed E-state index contributed by atoms with van der Waals surface area (Å²) in [6.45, 7) is 0.162. The van der Waals surface area contributed by atoms with Crippen LogP contribution in [0.4, 0.5) is 0 Å². The largest absolute Gasteiger partial charge is 0.462 e. The van der Waals surface area contributed by atoms with Crippen molar-refractivity contribution in [3.63, 3.8) is 0 Å². The van der Waals surface area contributed by atoms with Crippen LogP contribution < -0.4 is 0 Å². The van der Waals surface area contributed by atoms with Crippen LogP contribution in [0.15, 0.2) is 11.6 Å². The summed E-state index contributed by atoms with van der Waals surface area (Å²) < 4.78 is 9.50. The molecule has 72 valence electrons. The van der Waals surface area contributed by atoms with E-state index in [0.29, 0.717) is 0 Å². The lowest BCUT2D eigenvalue weighted by molar-refractivity contribution is -0.148. The molecule has 0 radical (unpaired) electrons.